The molecular formula is C14H27Cl2N3O2. The van der Waals surface area contributed by atoms with E-state index >= 15 is 0 Å². The first kappa shape index (κ1) is 19.0. The third-order valence-corrected chi connectivity index (χ3v) is 4.40. The standard InChI is InChI=1S/C14H25N3O2.2ClH/c1-16-7-8-19-13(10-16)14(18)17(12-4-5-12)9-11-3-2-6-15-11;;/h11-13,15H,2-10H2,1H3;2*1H. The lowest BCUT2D eigenvalue weighted by atomic mass is 10.2. The summed E-state index contributed by atoms with van der Waals surface area (Å²) in [6.45, 7) is 4.30. The minimum absolute atomic E-state index is 0. The van der Waals surface area contributed by atoms with Crippen LogP contribution >= 0.6 is 24.8 Å². The van der Waals surface area contributed by atoms with Gasteiger partial charge in [0.2, 0.25) is 0 Å². The van der Waals surface area contributed by atoms with Gasteiger partial charge in [0.15, 0.2) is 0 Å². The van der Waals surface area contributed by atoms with Gasteiger partial charge in [0.25, 0.3) is 5.91 Å². The average Bonchev–Trinajstić information content (AvgIpc) is 3.12. The van der Waals surface area contributed by atoms with Crippen molar-refractivity contribution in [2.75, 3.05) is 39.8 Å². The second kappa shape index (κ2) is 8.53. The zero-order chi connectivity index (χ0) is 13.2. The summed E-state index contributed by atoms with van der Waals surface area (Å²) in [5.74, 6) is 0.211. The Balaban J connectivity index is 0.00000110. The predicted molar refractivity (Wildman–Crippen MR) is 87.5 cm³/mol. The third-order valence-electron chi connectivity index (χ3n) is 4.40. The molecule has 0 aromatic heterocycles. The fourth-order valence-electron chi connectivity index (χ4n) is 3.07. The molecule has 5 nitrogen and oxygen atoms in total. The summed E-state index contributed by atoms with van der Waals surface area (Å²) in [6, 6.07) is 0.969. The number of halogens is 2. The second-order valence-corrected chi connectivity index (χ2v) is 6.14. The van der Waals surface area contributed by atoms with Crippen molar-refractivity contribution in [1.29, 1.82) is 0 Å². The van der Waals surface area contributed by atoms with E-state index in [4.69, 9.17) is 4.74 Å². The van der Waals surface area contributed by atoms with Crippen molar-refractivity contribution in [3.63, 3.8) is 0 Å². The molecule has 3 fully saturated rings. The highest BCUT2D eigenvalue weighted by molar-refractivity contribution is 5.85. The van der Waals surface area contributed by atoms with Crippen LogP contribution in [-0.4, -0.2) is 73.7 Å². The summed E-state index contributed by atoms with van der Waals surface area (Å²) in [4.78, 5) is 16.9. The molecule has 0 aromatic rings. The molecule has 2 unspecified atom stereocenters. The molecule has 0 radical (unpaired) electrons. The maximum absolute atomic E-state index is 12.7. The fraction of sp³-hybridized carbons (Fsp3) is 0.929. The first-order valence-electron chi connectivity index (χ1n) is 7.58. The summed E-state index contributed by atoms with van der Waals surface area (Å²) in [5, 5.41) is 3.49. The molecule has 2 atom stereocenters. The highest BCUT2D eigenvalue weighted by Gasteiger charge is 2.38. The molecule has 3 aliphatic rings. The molecule has 21 heavy (non-hydrogen) atoms. The van der Waals surface area contributed by atoms with Gasteiger partial charge in [0.05, 0.1) is 6.61 Å². The van der Waals surface area contributed by atoms with Crippen molar-refractivity contribution in [1.82, 2.24) is 15.1 Å². The van der Waals surface area contributed by atoms with E-state index in [1.165, 1.54) is 25.7 Å². The zero-order valence-corrected chi connectivity index (χ0v) is 14.3. The average molecular weight is 340 g/mol. The monoisotopic (exact) mass is 339 g/mol. The van der Waals surface area contributed by atoms with Crippen molar-refractivity contribution in [3.05, 3.63) is 0 Å². The molecule has 0 spiro atoms. The first-order chi connectivity index (χ1) is 9.24. The van der Waals surface area contributed by atoms with Gasteiger partial charge in [-0.25, -0.2) is 0 Å². The minimum atomic E-state index is -0.249. The summed E-state index contributed by atoms with van der Waals surface area (Å²) in [6.07, 6.45) is 4.52. The number of carbonyl (C=O) groups is 1. The Morgan fingerprint density at radius 1 is 1.33 bits per heavy atom. The predicted octanol–water partition coefficient (Wildman–Crippen LogP) is 0.904. The Bertz CT molecular complexity index is 336. The van der Waals surface area contributed by atoms with Gasteiger partial charge in [-0.3, -0.25) is 4.79 Å². The van der Waals surface area contributed by atoms with Crippen LogP contribution in [0.15, 0.2) is 0 Å². The van der Waals surface area contributed by atoms with E-state index in [9.17, 15) is 4.79 Å². The number of ether oxygens (including phenoxy) is 1. The summed E-state index contributed by atoms with van der Waals surface area (Å²) >= 11 is 0. The Hall–Kier alpha value is -0.0700. The molecule has 1 amide bonds. The molecule has 0 aromatic carbocycles. The molecule has 3 rings (SSSR count). The molecule has 7 heteroatoms. The van der Waals surface area contributed by atoms with Crippen LogP contribution < -0.4 is 5.32 Å². The number of nitrogens with zero attached hydrogens (tertiary/aromatic N) is 2. The second-order valence-electron chi connectivity index (χ2n) is 6.14. The zero-order valence-electron chi connectivity index (χ0n) is 12.6. The van der Waals surface area contributed by atoms with Gasteiger partial charge < -0.3 is 19.9 Å². The number of nitrogens with one attached hydrogen (secondary N) is 1. The first-order valence-corrected chi connectivity index (χ1v) is 7.58. The van der Waals surface area contributed by atoms with Crippen molar-refractivity contribution in [3.8, 4) is 0 Å². The van der Waals surface area contributed by atoms with E-state index in [1.807, 2.05) is 0 Å². The largest absolute Gasteiger partial charge is 0.366 e. The Kier molecular flexibility index (Phi) is 7.71. The van der Waals surface area contributed by atoms with Gasteiger partial charge in [0, 0.05) is 31.7 Å². The molecule has 2 heterocycles. The van der Waals surface area contributed by atoms with Crippen LogP contribution in [0, 0.1) is 0 Å². The number of hydrogen-bond donors (Lipinski definition) is 1. The van der Waals surface area contributed by atoms with E-state index < -0.39 is 0 Å². The van der Waals surface area contributed by atoms with Gasteiger partial charge in [0.1, 0.15) is 6.10 Å². The SMILES string of the molecule is CN1CCOC(C(=O)N(CC2CCCN2)C2CC2)C1.Cl.Cl. The van der Waals surface area contributed by atoms with E-state index in [-0.39, 0.29) is 36.8 Å². The lowest BCUT2D eigenvalue weighted by Gasteiger charge is -2.34. The number of amides is 1. The molecule has 2 aliphatic heterocycles. The van der Waals surface area contributed by atoms with Crippen LogP contribution in [-0.2, 0) is 9.53 Å². The van der Waals surface area contributed by atoms with Crippen LogP contribution in [0.2, 0.25) is 0 Å². The number of likely N-dealkylation sites (N-methyl/N-ethyl adjacent to an activating group) is 1. The molecule has 2 saturated heterocycles. The van der Waals surface area contributed by atoms with Crippen molar-refractivity contribution in [2.45, 2.75) is 43.9 Å². The van der Waals surface area contributed by atoms with E-state index in [0.717, 1.165) is 26.2 Å². The van der Waals surface area contributed by atoms with Gasteiger partial charge in [-0.2, -0.15) is 0 Å². The molecule has 0 bridgehead atoms. The van der Waals surface area contributed by atoms with Gasteiger partial charge in [-0.1, -0.05) is 0 Å². The van der Waals surface area contributed by atoms with Crippen LogP contribution in [0.3, 0.4) is 0 Å². The van der Waals surface area contributed by atoms with Crippen LogP contribution in [0.25, 0.3) is 0 Å². The smallest absolute Gasteiger partial charge is 0.253 e. The van der Waals surface area contributed by atoms with Crippen LogP contribution in [0.4, 0.5) is 0 Å². The maximum Gasteiger partial charge on any atom is 0.253 e. The van der Waals surface area contributed by atoms with Crippen LogP contribution in [0.1, 0.15) is 25.7 Å². The Morgan fingerprint density at radius 2 is 2.10 bits per heavy atom. The lowest BCUT2D eigenvalue weighted by Crippen LogP contribution is -2.52. The quantitative estimate of drug-likeness (QED) is 0.826. The number of hydrogen-bond acceptors (Lipinski definition) is 4. The van der Waals surface area contributed by atoms with Crippen molar-refractivity contribution < 1.29 is 9.53 Å². The van der Waals surface area contributed by atoms with E-state index in [2.05, 4.69) is 22.2 Å². The number of carbonyl (C=O) groups excluding carboxylic acids is 1. The highest BCUT2D eigenvalue weighted by Crippen LogP contribution is 2.29. The molecule has 1 saturated carbocycles. The van der Waals surface area contributed by atoms with E-state index in [0.29, 0.717) is 18.7 Å². The summed E-state index contributed by atoms with van der Waals surface area (Å²) in [5.41, 5.74) is 0. The maximum atomic E-state index is 12.7. The number of morpholine rings is 1. The summed E-state index contributed by atoms with van der Waals surface area (Å²) < 4.78 is 5.68. The Morgan fingerprint density at radius 3 is 2.67 bits per heavy atom. The molecule has 124 valence electrons. The third kappa shape index (κ3) is 4.96. The molecule has 1 aliphatic carbocycles. The minimum Gasteiger partial charge on any atom is -0.366 e. The van der Waals surface area contributed by atoms with Crippen molar-refractivity contribution in [2.24, 2.45) is 0 Å². The summed E-state index contributed by atoms with van der Waals surface area (Å²) in [7, 11) is 2.06. The normalized spacial score (nSPS) is 29.4. The molecule has 1 N–H and O–H groups in total. The Labute approximate surface area is 139 Å². The van der Waals surface area contributed by atoms with Gasteiger partial charge in [-0.15, -0.1) is 24.8 Å². The topological polar surface area (TPSA) is 44.8 Å². The fourth-order valence-corrected chi connectivity index (χ4v) is 3.07. The van der Waals surface area contributed by atoms with Gasteiger partial charge >= 0.3 is 0 Å². The molecular weight excluding hydrogens is 313 g/mol. The van der Waals surface area contributed by atoms with Gasteiger partial charge in [-0.05, 0) is 39.3 Å². The van der Waals surface area contributed by atoms with E-state index in [1.54, 1.807) is 0 Å². The lowest BCUT2D eigenvalue weighted by molar-refractivity contribution is -0.149. The van der Waals surface area contributed by atoms with Crippen molar-refractivity contribution >= 4 is 30.7 Å². The van der Waals surface area contributed by atoms with Crippen LogP contribution in [0.5, 0.6) is 0 Å². The number of rotatable bonds is 4. The highest BCUT2D eigenvalue weighted by atomic mass is 35.5.